The first kappa shape index (κ1) is 19.0. The summed E-state index contributed by atoms with van der Waals surface area (Å²) in [4.78, 5) is 8.49. The number of ether oxygens (including phenoxy) is 1. The van der Waals surface area contributed by atoms with E-state index in [1.165, 1.54) is 19.2 Å². The van der Waals surface area contributed by atoms with Gasteiger partial charge in [-0.2, -0.15) is 9.71 Å². The zero-order chi connectivity index (χ0) is 19.4. The first-order chi connectivity index (χ1) is 12.9. The predicted octanol–water partition coefficient (Wildman–Crippen LogP) is 2.82. The quantitative estimate of drug-likeness (QED) is 0.663. The number of pyridine rings is 1. The highest BCUT2D eigenvalue weighted by Gasteiger charge is 2.28. The maximum Gasteiger partial charge on any atom is 0.245 e. The van der Waals surface area contributed by atoms with Crippen molar-refractivity contribution in [3.8, 4) is 17.1 Å². The summed E-state index contributed by atoms with van der Waals surface area (Å²) in [5, 5.41) is 3.94. The van der Waals surface area contributed by atoms with Crippen molar-refractivity contribution in [2.75, 3.05) is 7.11 Å². The van der Waals surface area contributed by atoms with Crippen molar-refractivity contribution in [3.05, 3.63) is 54.7 Å². The van der Waals surface area contributed by atoms with E-state index in [4.69, 9.17) is 9.26 Å². The molecule has 2 heterocycles. The molecule has 0 spiro atoms. The number of benzene rings is 1. The van der Waals surface area contributed by atoms with E-state index in [9.17, 15) is 8.42 Å². The van der Waals surface area contributed by atoms with Gasteiger partial charge in [0.15, 0.2) is 0 Å². The lowest BCUT2D eigenvalue weighted by Crippen LogP contribution is -2.32. The largest absolute Gasteiger partial charge is 0.497 e. The van der Waals surface area contributed by atoms with Crippen LogP contribution in [0, 0.1) is 5.92 Å². The van der Waals surface area contributed by atoms with Crippen LogP contribution in [0.1, 0.15) is 25.8 Å². The number of sulfonamides is 1. The lowest BCUT2D eigenvalue weighted by molar-refractivity contribution is 0.311. The van der Waals surface area contributed by atoms with E-state index in [-0.39, 0.29) is 16.7 Å². The van der Waals surface area contributed by atoms with Gasteiger partial charge in [-0.05, 0) is 42.3 Å². The number of hydrogen-bond acceptors (Lipinski definition) is 7. The molecule has 0 aliphatic heterocycles. The Morgan fingerprint density at radius 2 is 1.89 bits per heavy atom. The van der Waals surface area contributed by atoms with E-state index in [1.54, 1.807) is 36.7 Å². The Bertz CT molecular complexity index is 986. The van der Waals surface area contributed by atoms with Crippen LogP contribution in [0.2, 0.25) is 0 Å². The Morgan fingerprint density at radius 3 is 2.48 bits per heavy atom. The smallest absolute Gasteiger partial charge is 0.245 e. The Hall–Kier alpha value is -2.78. The fraction of sp³-hybridized carbons (Fsp3) is 0.278. The van der Waals surface area contributed by atoms with E-state index in [2.05, 4.69) is 19.8 Å². The number of rotatable bonds is 7. The van der Waals surface area contributed by atoms with Gasteiger partial charge >= 0.3 is 0 Å². The highest BCUT2D eigenvalue weighted by atomic mass is 32.2. The first-order valence-electron chi connectivity index (χ1n) is 8.31. The third-order valence-electron chi connectivity index (χ3n) is 3.95. The van der Waals surface area contributed by atoms with Crippen LogP contribution in [0.15, 0.2) is 58.2 Å². The molecule has 0 saturated carbocycles. The second-order valence-electron chi connectivity index (χ2n) is 6.22. The molecule has 0 aliphatic carbocycles. The van der Waals surface area contributed by atoms with Crippen LogP contribution in [-0.4, -0.2) is 30.7 Å². The second-order valence-corrected chi connectivity index (χ2v) is 7.93. The van der Waals surface area contributed by atoms with Gasteiger partial charge in [0.2, 0.25) is 21.7 Å². The normalized spacial score (nSPS) is 12.9. The van der Waals surface area contributed by atoms with Crippen LogP contribution in [0.3, 0.4) is 0 Å². The summed E-state index contributed by atoms with van der Waals surface area (Å²) in [6.07, 6.45) is 3.25. The lowest BCUT2D eigenvalue weighted by Gasteiger charge is -2.18. The molecule has 1 unspecified atom stereocenters. The van der Waals surface area contributed by atoms with Crippen molar-refractivity contribution in [3.63, 3.8) is 0 Å². The van der Waals surface area contributed by atoms with Crippen LogP contribution in [-0.2, 0) is 10.0 Å². The molecule has 3 rings (SSSR count). The van der Waals surface area contributed by atoms with Gasteiger partial charge in [-0.1, -0.05) is 19.0 Å². The highest BCUT2D eigenvalue weighted by molar-refractivity contribution is 7.89. The Labute approximate surface area is 157 Å². The molecule has 3 aromatic rings. The van der Waals surface area contributed by atoms with Crippen LogP contribution in [0.25, 0.3) is 11.4 Å². The summed E-state index contributed by atoms with van der Waals surface area (Å²) in [7, 11) is -2.26. The number of nitrogens with one attached hydrogen (secondary N) is 1. The Balaban J connectivity index is 1.86. The minimum atomic E-state index is -3.78. The van der Waals surface area contributed by atoms with Gasteiger partial charge in [0.1, 0.15) is 11.8 Å². The molecule has 9 heteroatoms. The van der Waals surface area contributed by atoms with E-state index in [0.29, 0.717) is 17.1 Å². The first-order valence-corrected chi connectivity index (χ1v) is 9.79. The lowest BCUT2D eigenvalue weighted by atomic mass is 10.1. The summed E-state index contributed by atoms with van der Waals surface area (Å²) in [5.41, 5.74) is 0.688. The van der Waals surface area contributed by atoms with Crippen LogP contribution >= 0.6 is 0 Å². The molecular weight excluding hydrogens is 368 g/mol. The van der Waals surface area contributed by atoms with Crippen molar-refractivity contribution in [2.24, 2.45) is 5.92 Å². The number of hydrogen-bond donors (Lipinski definition) is 1. The average Bonchev–Trinajstić information content (AvgIpc) is 3.16. The molecule has 142 valence electrons. The summed E-state index contributed by atoms with van der Waals surface area (Å²) in [6, 6.07) is 9.03. The molecule has 1 N–H and O–H groups in total. The SMILES string of the molecule is COc1ccc(S(=O)(=O)NC(c2nc(-c3cccnc3)no2)C(C)C)cc1. The second kappa shape index (κ2) is 7.85. The zero-order valence-corrected chi connectivity index (χ0v) is 16.0. The van der Waals surface area contributed by atoms with Gasteiger partial charge in [-0.15, -0.1) is 0 Å². The molecule has 27 heavy (non-hydrogen) atoms. The molecule has 1 atom stereocenters. The maximum absolute atomic E-state index is 12.7. The highest BCUT2D eigenvalue weighted by Crippen LogP contribution is 2.26. The van der Waals surface area contributed by atoms with Gasteiger partial charge in [0.25, 0.3) is 0 Å². The van der Waals surface area contributed by atoms with E-state index >= 15 is 0 Å². The van der Waals surface area contributed by atoms with Crippen molar-refractivity contribution in [1.29, 1.82) is 0 Å². The summed E-state index contributed by atoms with van der Waals surface area (Å²) >= 11 is 0. The molecule has 0 saturated heterocycles. The molecular formula is C18H20N4O4S. The molecule has 0 radical (unpaired) electrons. The van der Waals surface area contributed by atoms with Gasteiger partial charge < -0.3 is 9.26 Å². The van der Waals surface area contributed by atoms with Crippen LogP contribution in [0.5, 0.6) is 5.75 Å². The van der Waals surface area contributed by atoms with E-state index in [1.807, 2.05) is 13.8 Å². The zero-order valence-electron chi connectivity index (χ0n) is 15.2. The van der Waals surface area contributed by atoms with Crippen molar-refractivity contribution >= 4 is 10.0 Å². The van der Waals surface area contributed by atoms with Gasteiger partial charge in [-0.3, -0.25) is 4.98 Å². The average molecular weight is 388 g/mol. The van der Waals surface area contributed by atoms with Crippen molar-refractivity contribution in [1.82, 2.24) is 19.8 Å². The molecule has 0 fully saturated rings. The topological polar surface area (TPSA) is 107 Å². The minimum absolute atomic E-state index is 0.111. The fourth-order valence-electron chi connectivity index (χ4n) is 2.44. The maximum atomic E-state index is 12.7. The fourth-order valence-corrected chi connectivity index (χ4v) is 3.77. The summed E-state index contributed by atoms with van der Waals surface area (Å²) in [6.45, 7) is 3.74. The van der Waals surface area contributed by atoms with Gasteiger partial charge in [0.05, 0.1) is 12.0 Å². The summed E-state index contributed by atoms with van der Waals surface area (Å²) < 4.78 is 38.5. The van der Waals surface area contributed by atoms with Crippen LogP contribution in [0.4, 0.5) is 0 Å². The molecule has 8 nitrogen and oxygen atoms in total. The molecule has 1 aromatic carbocycles. The van der Waals surface area contributed by atoms with Crippen LogP contribution < -0.4 is 9.46 Å². The van der Waals surface area contributed by atoms with Gasteiger partial charge in [0, 0.05) is 18.0 Å². The third-order valence-corrected chi connectivity index (χ3v) is 5.40. The molecule has 2 aromatic heterocycles. The van der Waals surface area contributed by atoms with Crippen molar-refractivity contribution in [2.45, 2.75) is 24.8 Å². The van der Waals surface area contributed by atoms with E-state index < -0.39 is 16.1 Å². The molecule has 0 aliphatic rings. The third kappa shape index (κ3) is 4.32. The number of methoxy groups -OCH3 is 1. The standard InChI is InChI=1S/C18H20N4O4S/c1-12(2)16(18-20-17(21-26-18)13-5-4-10-19-11-13)22-27(23,24)15-8-6-14(25-3)7-9-15/h4-12,16,22H,1-3H3. The Kier molecular flexibility index (Phi) is 5.52. The van der Waals surface area contributed by atoms with Gasteiger partial charge in [-0.25, -0.2) is 8.42 Å². The number of nitrogens with zero attached hydrogens (tertiary/aromatic N) is 3. The number of aromatic nitrogens is 3. The minimum Gasteiger partial charge on any atom is -0.497 e. The summed E-state index contributed by atoms with van der Waals surface area (Å²) in [5.74, 6) is 1.01. The van der Waals surface area contributed by atoms with Crippen molar-refractivity contribution < 1.29 is 17.7 Å². The Morgan fingerprint density at radius 1 is 1.15 bits per heavy atom. The molecule has 0 bridgehead atoms. The van der Waals surface area contributed by atoms with E-state index in [0.717, 1.165) is 0 Å². The predicted molar refractivity (Wildman–Crippen MR) is 98.4 cm³/mol. The monoisotopic (exact) mass is 388 g/mol. The molecule has 0 amide bonds.